The molecular weight excluding hydrogens is 268 g/mol. The lowest BCUT2D eigenvalue weighted by molar-refractivity contribution is -0.170. The van der Waals surface area contributed by atoms with Crippen LogP contribution in [0.4, 0.5) is 0 Å². The summed E-state index contributed by atoms with van der Waals surface area (Å²) in [5, 5.41) is 6.24. The monoisotopic (exact) mass is 284 g/mol. The lowest BCUT2D eigenvalue weighted by atomic mass is 10.1. The lowest BCUT2D eigenvalue weighted by Crippen LogP contribution is -2.27. The average molecular weight is 284 g/mol. The average Bonchev–Trinajstić information content (AvgIpc) is 3.16. The fourth-order valence-corrected chi connectivity index (χ4v) is 2.58. The first-order chi connectivity index (χ1) is 8.84. The molecule has 104 valence electrons. The summed E-state index contributed by atoms with van der Waals surface area (Å²) in [6.45, 7) is 0. The van der Waals surface area contributed by atoms with Gasteiger partial charge in [0.15, 0.2) is 0 Å². The third kappa shape index (κ3) is 2.94. The molecule has 1 aromatic rings. The Morgan fingerprint density at radius 1 is 1.37 bits per heavy atom. The summed E-state index contributed by atoms with van der Waals surface area (Å²) in [5.41, 5.74) is 0.940. The van der Waals surface area contributed by atoms with Crippen LogP contribution in [0.15, 0.2) is 29.2 Å². The van der Waals surface area contributed by atoms with Crippen molar-refractivity contribution in [1.82, 2.24) is 5.06 Å². The van der Waals surface area contributed by atoms with E-state index in [1.807, 2.05) is 0 Å². The van der Waals surface area contributed by atoms with Gasteiger partial charge in [0, 0.05) is 13.0 Å². The first kappa shape index (κ1) is 14.0. The Kier molecular flexibility index (Phi) is 3.62. The zero-order valence-electron chi connectivity index (χ0n) is 10.7. The van der Waals surface area contributed by atoms with Crippen LogP contribution in [0, 0.1) is 5.92 Å². The molecule has 0 heterocycles. The Morgan fingerprint density at radius 3 is 2.42 bits per heavy atom. The van der Waals surface area contributed by atoms with E-state index in [0.29, 0.717) is 0 Å². The van der Waals surface area contributed by atoms with Crippen LogP contribution in [0.1, 0.15) is 17.9 Å². The molecule has 0 spiro atoms. The smallest absolute Gasteiger partial charge is 0.249 e. The number of nitrogens with two attached hydrogens (primary N) is 1. The predicted molar refractivity (Wildman–Crippen MR) is 68.4 cm³/mol. The van der Waals surface area contributed by atoms with Gasteiger partial charge in [-0.2, -0.15) is 0 Å². The quantitative estimate of drug-likeness (QED) is 0.813. The van der Waals surface area contributed by atoms with Crippen molar-refractivity contribution in [2.45, 2.75) is 17.2 Å². The van der Waals surface area contributed by atoms with E-state index in [2.05, 4.69) is 0 Å². The van der Waals surface area contributed by atoms with Crippen molar-refractivity contribution in [3.05, 3.63) is 29.8 Å². The molecule has 2 unspecified atom stereocenters. The minimum atomic E-state index is -3.67. The maximum Gasteiger partial charge on any atom is 0.249 e. The molecule has 7 heteroatoms. The van der Waals surface area contributed by atoms with Gasteiger partial charge in [-0.05, 0) is 30.0 Å². The molecule has 1 amide bonds. The molecule has 1 aliphatic rings. The van der Waals surface area contributed by atoms with Crippen LogP contribution in [0.25, 0.3) is 0 Å². The number of carbonyl (C=O) groups is 1. The zero-order chi connectivity index (χ0) is 14.2. The van der Waals surface area contributed by atoms with Crippen molar-refractivity contribution >= 4 is 15.9 Å². The number of primary sulfonamides is 1. The Labute approximate surface area is 112 Å². The van der Waals surface area contributed by atoms with Crippen LogP contribution in [0.3, 0.4) is 0 Å². The van der Waals surface area contributed by atoms with Crippen LogP contribution < -0.4 is 5.14 Å². The lowest BCUT2D eigenvalue weighted by Gasteiger charge is -2.13. The van der Waals surface area contributed by atoms with Crippen LogP contribution in [-0.4, -0.2) is 33.5 Å². The Morgan fingerprint density at radius 2 is 1.95 bits per heavy atom. The largest absolute Gasteiger partial charge is 0.275 e. The number of hydrogen-bond acceptors (Lipinski definition) is 4. The molecule has 0 radical (unpaired) electrons. The molecule has 2 N–H and O–H groups in total. The SMILES string of the molecule is CON(C)C(=O)C1CC1c1ccc(S(N)(=O)=O)cc1. The van der Waals surface area contributed by atoms with Gasteiger partial charge in [-0.3, -0.25) is 9.63 Å². The van der Waals surface area contributed by atoms with E-state index in [9.17, 15) is 13.2 Å². The topological polar surface area (TPSA) is 89.7 Å². The molecule has 1 saturated carbocycles. The highest BCUT2D eigenvalue weighted by atomic mass is 32.2. The van der Waals surface area contributed by atoms with Gasteiger partial charge in [-0.25, -0.2) is 18.6 Å². The molecule has 0 aromatic heterocycles. The number of nitrogens with zero attached hydrogens (tertiary/aromatic N) is 1. The van der Waals surface area contributed by atoms with Gasteiger partial charge in [-0.15, -0.1) is 0 Å². The van der Waals surface area contributed by atoms with Gasteiger partial charge >= 0.3 is 0 Å². The van der Waals surface area contributed by atoms with Gasteiger partial charge in [0.05, 0.1) is 12.0 Å². The van der Waals surface area contributed by atoms with Crippen LogP contribution >= 0.6 is 0 Å². The number of amides is 1. The molecule has 6 nitrogen and oxygen atoms in total. The molecular formula is C12H16N2O4S. The van der Waals surface area contributed by atoms with E-state index in [1.165, 1.54) is 24.3 Å². The number of benzene rings is 1. The summed E-state index contributed by atoms with van der Waals surface area (Å²) in [6.07, 6.45) is 0.751. The molecule has 2 atom stereocenters. The first-order valence-electron chi connectivity index (χ1n) is 5.79. The van der Waals surface area contributed by atoms with Crippen molar-refractivity contribution in [3.8, 4) is 0 Å². The first-order valence-corrected chi connectivity index (χ1v) is 7.33. The normalized spacial score (nSPS) is 22.1. The summed E-state index contributed by atoms with van der Waals surface area (Å²) in [6, 6.07) is 6.32. The maximum absolute atomic E-state index is 11.8. The molecule has 2 rings (SSSR count). The predicted octanol–water partition coefficient (Wildman–Crippen LogP) is 0.457. The second-order valence-electron chi connectivity index (χ2n) is 4.58. The summed E-state index contributed by atoms with van der Waals surface area (Å²) in [4.78, 5) is 16.8. The molecule has 1 fully saturated rings. The van der Waals surface area contributed by atoms with Crippen molar-refractivity contribution in [3.63, 3.8) is 0 Å². The fourth-order valence-electron chi connectivity index (χ4n) is 2.06. The standard InChI is InChI=1S/C12H16N2O4S/c1-14(18-2)12(15)11-7-10(11)8-3-5-9(6-4-8)19(13,16)17/h3-6,10-11H,7H2,1-2H3,(H2,13,16,17). The highest BCUT2D eigenvalue weighted by Gasteiger charge is 2.45. The number of sulfonamides is 1. The van der Waals surface area contributed by atoms with E-state index in [-0.39, 0.29) is 22.6 Å². The van der Waals surface area contributed by atoms with Gasteiger partial charge < -0.3 is 0 Å². The molecule has 0 bridgehead atoms. The number of hydroxylamine groups is 2. The van der Waals surface area contributed by atoms with Crippen LogP contribution in [-0.2, 0) is 19.7 Å². The summed E-state index contributed by atoms with van der Waals surface area (Å²) < 4.78 is 22.3. The Hall–Kier alpha value is -1.44. The van der Waals surface area contributed by atoms with E-state index in [0.717, 1.165) is 12.0 Å². The molecule has 19 heavy (non-hydrogen) atoms. The summed E-state index contributed by atoms with van der Waals surface area (Å²) in [5.74, 6) is -0.0343. The van der Waals surface area contributed by atoms with E-state index in [4.69, 9.17) is 9.98 Å². The molecule has 0 aliphatic heterocycles. The van der Waals surface area contributed by atoms with Gasteiger partial charge in [0.1, 0.15) is 0 Å². The zero-order valence-corrected chi connectivity index (χ0v) is 11.6. The summed E-state index contributed by atoms with van der Waals surface area (Å²) in [7, 11) is -0.655. The van der Waals surface area contributed by atoms with Gasteiger partial charge in [0.25, 0.3) is 0 Å². The highest BCUT2D eigenvalue weighted by Crippen LogP contribution is 2.48. The Balaban J connectivity index is 2.08. The van der Waals surface area contributed by atoms with Crippen LogP contribution in [0.5, 0.6) is 0 Å². The number of carbonyl (C=O) groups excluding carboxylic acids is 1. The minimum Gasteiger partial charge on any atom is -0.275 e. The maximum atomic E-state index is 11.8. The molecule has 1 aromatic carbocycles. The number of rotatable bonds is 4. The minimum absolute atomic E-state index is 0.0666. The van der Waals surface area contributed by atoms with E-state index >= 15 is 0 Å². The molecule has 0 saturated heterocycles. The second kappa shape index (κ2) is 4.92. The van der Waals surface area contributed by atoms with Gasteiger partial charge in [-0.1, -0.05) is 12.1 Å². The van der Waals surface area contributed by atoms with Crippen molar-refractivity contribution in [2.75, 3.05) is 14.2 Å². The third-order valence-corrected chi connectivity index (χ3v) is 4.26. The van der Waals surface area contributed by atoms with Gasteiger partial charge in [0.2, 0.25) is 15.9 Å². The number of hydrogen-bond donors (Lipinski definition) is 1. The third-order valence-electron chi connectivity index (χ3n) is 3.33. The van der Waals surface area contributed by atoms with E-state index < -0.39 is 10.0 Å². The molecule has 1 aliphatic carbocycles. The summed E-state index contributed by atoms with van der Waals surface area (Å²) >= 11 is 0. The van der Waals surface area contributed by atoms with Crippen molar-refractivity contribution in [2.24, 2.45) is 11.1 Å². The van der Waals surface area contributed by atoms with Crippen LogP contribution in [0.2, 0.25) is 0 Å². The second-order valence-corrected chi connectivity index (χ2v) is 6.14. The van der Waals surface area contributed by atoms with E-state index in [1.54, 1.807) is 19.2 Å². The highest BCUT2D eigenvalue weighted by molar-refractivity contribution is 7.89. The Bertz CT molecular complexity index is 582. The van der Waals surface area contributed by atoms with Crippen molar-refractivity contribution < 1.29 is 18.0 Å². The fraction of sp³-hybridized carbons (Fsp3) is 0.417. The van der Waals surface area contributed by atoms with Crippen molar-refractivity contribution in [1.29, 1.82) is 0 Å².